The van der Waals surface area contributed by atoms with E-state index < -0.39 is 0 Å². The standard InChI is InChI=1S/C14H18N4O2/c1-3-12-13(8-18(2)17-12)16-14(19)9-20-11-6-4-10(15)5-7-11/h4-8H,3,9,15H2,1-2H3,(H,16,19). The van der Waals surface area contributed by atoms with E-state index in [1.807, 2.05) is 14.0 Å². The Morgan fingerprint density at radius 2 is 2.10 bits per heavy atom. The van der Waals surface area contributed by atoms with Gasteiger partial charge in [0, 0.05) is 18.9 Å². The number of aryl methyl sites for hydroxylation is 2. The van der Waals surface area contributed by atoms with Crippen molar-refractivity contribution in [2.24, 2.45) is 7.05 Å². The van der Waals surface area contributed by atoms with Crippen LogP contribution in [0.2, 0.25) is 0 Å². The molecule has 0 spiro atoms. The largest absolute Gasteiger partial charge is 0.484 e. The SMILES string of the molecule is CCc1nn(C)cc1NC(=O)COc1ccc(N)cc1. The minimum absolute atomic E-state index is 0.0536. The third kappa shape index (κ3) is 3.50. The van der Waals surface area contributed by atoms with Gasteiger partial charge in [-0.25, -0.2) is 0 Å². The molecule has 0 aliphatic heterocycles. The lowest BCUT2D eigenvalue weighted by atomic mass is 10.3. The Balaban J connectivity index is 1.90. The summed E-state index contributed by atoms with van der Waals surface area (Å²) in [6.07, 6.45) is 2.54. The van der Waals surface area contributed by atoms with E-state index in [4.69, 9.17) is 10.5 Å². The van der Waals surface area contributed by atoms with Crippen molar-refractivity contribution in [3.05, 3.63) is 36.2 Å². The maximum Gasteiger partial charge on any atom is 0.262 e. The summed E-state index contributed by atoms with van der Waals surface area (Å²) in [6.45, 7) is 1.94. The zero-order valence-corrected chi connectivity index (χ0v) is 11.6. The molecule has 0 saturated heterocycles. The lowest BCUT2D eigenvalue weighted by molar-refractivity contribution is -0.118. The van der Waals surface area contributed by atoms with E-state index in [2.05, 4.69) is 10.4 Å². The number of hydrogen-bond donors (Lipinski definition) is 2. The summed E-state index contributed by atoms with van der Waals surface area (Å²) in [5.74, 6) is 0.390. The van der Waals surface area contributed by atoms with Crippen LogP contribution in [-0.4, -0.2) is 22.3 Å². The van der Waals surface area contributed by atoms with Gasteiger partial charge in [-0.15, -0.1) is 0 Å². The fourth-order valence-electron chi connectivity index (χ4n) is 1.80. The van der Waals surface area contributed by atoms with Gasteiger partial charge in [0.25, 0.3) is 5.91 Å². The maximum atomic E-state index is 11.8. The number of nitrogen functional groups attached to an aromatic ring is 1. The van der Waals surface area contributed by atoms with Crippen molar-refractivity contribution in [1.82, 2.24) is 9.78 Å². The van der Waals surface area contributed by atoms with Crippen LogP contribution < -0.4 is 15.8 Å². The van der Waals surface area contributed by atoms with Gasteiger partial charge in [0.1, 0.15) is 5.75 Å². The molecule has 1 aromatic carbocycles. The Hall–Kier alpha value is -2.50. The zero-order chi connectivity index (χ0) is 14.5. The van der Waals surface area contributed by atoms with Gasteiger partial charge >= 0.3 is 0 Å². The number of anilines is 2. The van der Waals surface area contributed by atoms with Gasteiger partial charge in [-0.2, -0.15) is 5.10 Å². The van der Waals surface area contributed by atoms with Crippen LogP contribution in [0.15, 0.2) is 30.5 Å². The minimum Gasteiger partial charge on any atom is -0.484 e. The molecule has 106 valence electrons. The first-order valence-electron chi connectivity index (χ1n) is 6.39. The van der Waals surface area contributed by atoms with Crippen LogP contribution in [0, 0.1) is 0 Å². The topological polar surface area (TPSA) is 82.2 Å². The number of rotatable bonds is 5. The second-order valence-electron chi connectivity index (χ2n) is 4.42. The quantitative estimate of drug-likeness (QED) is 0.811. The zero-order valence-electron chi connectivity index (χ0n) is 11.6. The molecule has 0 aliphatic carbocycles. The molecule has 6 heteroatoms. The van der Waals surface area contributed by atoms with E-state index >= 15 is 0 Å². The number of nitrogens with two attached hydrogens (primary N) is 1. The van der Waals surface area contributed by atoms with Gasteiger partial charge in [0.05, 0.1) is 11.4 Å². The number of benzene rings is 1. The normalized spacial score (nSPS) is 10.3. The van der Waals surface area contributed by atoms with E-state index in [9.17, 15) is 4.79 Å². The number of carbonyl (C=O) groups excluding carboxylic acids is 1. The highest BCUT2D eigenvalue weighted by atomic mass is 16.5. The average molecular weight is 274 g/mol. The Kier molecular flexibility index (Phi) is 4.24. The van der Waals surface area contributed by atoms with Crippen LogP contribution in [0.25, 0.3) is 0 Å². The Morgan fingerprint density at radius 3 is 2.75 bits per heavy atom. The highest BCUT2D eigenvalue weighted by Gasteiger charge is 2.10. The van der Waals surface area contributed by atoms with Gasteiger partial charge in [0.15, 0.2) is 6.61 Å². The van der Waals surface area contributed by atoms with Crippen LogP contribution in [0.4, 0.5) is 11.4 Å². The van der Waals surface area contributed by atoms with Crippen LogP contribution in [-0.2, 0) is 18.3 Å². The van der Waals surface area contributed by atoms with Gasteiger partial charge in [-0.05, 0) is 30.7 Å². The monoisotopic (exact) mass is 274 g/mol. The summed E-state index contributed by atoms with van der Waals surface area (Å²) in [5.41, 5.74) is 7.81. The third-order valence-electron chi connectivity index (χ3n) is 2.76. The van der Waals surface area contributed by atoms with Gasteiger partial charge < -0.3 is 15.8 Å². The van der Waals surface area contributed by atoms with Crippen LogP contribution in [0.3, 0.4) is 0 Å². The van der Waals surface area contributed by atoms with Crippen molar-refractivity contribution in [3.8, 4) is 5.75 Å². The number of nitrogens with zero attached hydrogens (tertiary/aromatic N) is 2. The minimum atomic E-state index is -0.218. The lowest BCUT2D eigenvalue weighted by Crippen LogP contribution is -2.20. The number of hydrogen-bond acceptors (Lipinski definition) is 4. The van der Waals surface area contributed by atoms with Crippen molar-refractivity contribution < 1.29 is 9.53 Å². The molecule has 20 heavy (non-hydrogen) atoms. The predicted molar refractivity (Wildman–Crippen MR) is 77.6 cm³/mol. The molecule has 6 nitrogen and oxygen atoms in total. The van der Waals surface area contributed by atoms with Crippen molar-refractivity contribution >= 4 is 17.3 Å². The predicted octanol–water partition coefficient (Wildman–Crippen LogP) is 1.58. The molecule has 0 aliphatic rings. The number of carbonyl (C=O) groups is 1. The molecule has 1 heterocycles. The van der Waals surface area contributed by atoms with E-state index in [1.54, 1.807) is 35.1 Å². The molecule has 3 N–H and O–H groups in total. The fourth-order valence-corrected chi connectivity index (χ4v) is 1.80. The first-order valence-corrected chi connectivity index (χ1v) is 6.39. The van der Waals surface area contributed by atoms with E-state index in [-0.39, 0.29) is 12.5 Å². The maximum absolute atomic E-state index is 11.8. The third-order valence-corrected chi connectivity index (χ3v) is 2.76. The Labute approximate surface area is 117 Å². The van der Waals surface area contributed by atoms with Crippen molar-refractivity contribution in [1.29, 1.82) is 0 Å². The molecule has 0 atom stereocenters. The number of amides is 1. The molecule has 2 rings (SSSR count). The highest BCUT2D eigenvalue weighted by Crippen LogP contribution is 2.15. The molecule has 0 bridgehead atoms. The number of nitrogens with one attached hydrogen (secondary N) is 1. The van der Waals surface area contributed by atoms with Crippen molar-refractivity contribution in [2.75, 3.05) is 17.7 Å². The molecular weight excluding hydrogens is 256 g/mol. The smallest absolute Gasteiger partial charge is 0.262 e. The summed E-state index contributed by atoms with van der Waals surface area (Å²) in [6, 6.07) is 6.90. The summed E-state index contributed by atoms with van der Waals surface area (Å²) >= 11 is 0. The summed E-state index contributed by atoms with van der Waals surface area (Å²) in [7, 11) is 1.82. The summed E-state index contributed by atoms with van der Waals surface area (Å²) in [5, 5.41) is 7.05. The van der Waals surface area contributed by atoms with E-state index in [0.29, 0.717) is 11.4 Å². The Morgan fingerprint density at radius 1 is 1.40 bits per heavy atom. The van der Waals surface area contributed by atoms with E-state index in [1.165, 1.54) is 0 Å². The molecule has 0 fully saturated rings. The van der Waals surface area contributed by atoms with Crippen LogP contribution >= 0.6 is 0 Å². The fraction of sp³-hybridized carbons (Fsp3) is 0.286. The lowest BCUT2D eigenvalue weighted by Gasteiger charge is -2.07. The molecule has 0 radical (unpaired) electrons. The molecule has 0 unspecified atom stereocenters. The summed E-state index contributed by atoms with van der Waals surface area (Å²) in [4.78, 5) is 11.8. The average Bonchev–Trinajstić information content (AvgIpc) is 2.78. The molecule has 1 aromatic heterocycles. The number of ether oxygens (including phenoxy) is 1. The van der Waals surface area contributed by atoms with Gasteiger partial charge in [0.2, 0.25) is 0 Å². The first-order chi connectivity index (χ1) is 9.58. The van der Waals surface area contributed by atoms with Gasteiger partial charge in [-0.3, -0.25) is 9.48 Å². The van der Waals surface area contributed by atoms with Gasteiger partial charge in [-0.1, -0.05) is 6.92 Å². The highest BCUT2D eigenvalue weighted by molar-refractivity contribution is 5.92. The van der Waals surface area contributed by atoms with Crippen LogP contribution in [0.5, 0.6) is 5.75 Å². The second-order valence-corrected chi connectivity index (χ2v) is 4.42. The Bertz CT molecular complexity index is 590. The van der Waals surface area contributed by atoms with Crippen LogP contribution in [0.1, 0.15) is 12.6 Å². The van der Waals surface area contributed by atoms with E-state index in [0.717, 1.165) is 17.8 Å². The molecule has 2 aromatic rings. The van der Waals surface area contributed by atoms with Crippen molar-refractivity contribution in [2.45, 2.75) is 13.3 Å². The second kappa shape index (κ2) is 6.10. The number of aromatic nitrogens is 2. The van der Waals surface area contributed by atoms with Crippen molar-refractivity contribution in [3.63, 3.8) is 0 Å². The summed E-state index contributed by atoms with van der Waals surface area (Å²) < 4.78 is 7.06. The molecule has 0 saturated carbocycles. The molecule has 1 amide bonds. The molecular formula is C14H18N4O2. The first kappa shape index (κ1) is 13.9.